The van der Waals surface area contributed by atoms with E-state index in [0.29, 0.717) is 6.04 Å². The Hall–Kier alpha value is -0.580. The van der Waals surface area contributed by atoms with Gasteiger partial charge in [-0.1, -0.05) is 22.9 Å². The third kappa shape index (κ3) is 4.21. The molecule has 1 aliphatic heterocycles. The number of hydrogen-bond donors (Lipinski definition) is 1. The number of likely N-dealkylation sites (N-methyl/N-ethyl adjacent to an activating group) is 1. The summed E-state index contributed by atoms with van der Waals surface area (Å²) in [7, 11) is 2.19. The molecule has 1 heterocycles. The first kappa shape index (κ1) is 15.8. The summed E-state index contributed by atoms with van der Waals surface area (Å²) in [4.78, 5) is 2.40. The van der Waals surface area contributed by atoms with Crippen LogP contribution >= 0.6 is 15.9 Å². The minimum Gasteiger partial charge on any atom is -0.488 e. The Morgan fingerprint density at radius 3 is 3.05 bits per heavy atom. The van der Waals surface area contributed by atoms with Crippen LogP contribution in [0.2, 0.25) is 0 Å². The third-order valence-corrected chi connectivity index (χ3v) is 4.61. The Kier molecular flexibility index (Phi) is 5.87. The monoisotopic (exact) mass is 340 g/mol. The molecular weight excluding hydrogens is 316 g/mol. The highest BCUT2D eigenvalue weighted by Gasteiger charge is 2.22. The maximum absolute atomic E-state index is 5.94. The largest absolute Gasteiger partial charge is 0.488 e. The van der Waals surface area contributed by atoms with Gasteiger partial charge >= 0.3 is 0 Å². The van der Waals surface area contributed by atoms with Gasteiger partial charge < -0.3 is 15.0 Å². The Bertz CT molecular complexity index is 438. The molecule has 20 heavy (non-hydrogen) atoms. The van der Waals surface area contributed by atoms with Crippen molar-refractivity contribution in [2.45, 2.75) is 38.8 Å². The molecule has 0 fully saturated rings. The number of fused-ring (bicyclic) bond motifs is 1. The Morgan fingerprint density at radius 1 is 1.50 bits per heavy atom. The van der Waals surface area contributed by atoms with Crippen LogP contribution in [0.15, 0.2) is 22.7 Å². The standard InChI is InChI=1S/C16H25BrN2O/c1-4-12(2)19(3)8-7-18-11-15-10-13-9-14(17)5-6-16(13)20-15/h5-6,9,12,15,18H,4,7-8,10-11H2,1-3H3. The summed E-state index contributed by atoms with van der Waals surface area (Å²) in [6, 6.07) is 6.90. The van der Waals surface area contributed by atoms with E-state index < -0.39 is 0 Å². The maximum atomic E-state index is 5.94. The molecule has 4 heteroatoms. The van der Waals surface area contributed by atoms with Crippen LogP contribution in [0.5, 0.6) is 5.75 Å². The van der Waals surface area contributed by atoms with E-state index in [1.165, 1.54) is 12.0 Å². The number of halogens is 1. The molecule has 0 aliphatic carbocycles. The van der Waals surface area contributed by atoms with Crippen molar-refractivity contribution in [1.82, 2.24) is 10.2 Å². The highest BCUT2D eigenvalue weighted by molar-refractivity contribution is 9.10. The quantitative estimate of drug-likeness (QED) is 0.772. The lowest BCUT2D eigenvalue weighted by Gasteiger charge is -2.23. The molecule has 0 amide bonds. The summed E-state index contributed by atoms with van der Waals surface area (Å²) < 4.78 is 7.07. The van der Waals surface area contributed by atoms with Crippen molar-refractivity contribution in [3.05, 3.63) is 28.2 Å². The third-order valence-electron chi connectivity index (χ3n) is 4.12. The number of hydrogen-bond acceptors (Lipinski definition) is 3. The smallest absolute Gasteiger partial charge is 0.123 e. The molecule has 0 aromatic heterocycles. The summed E-state index contributed by atoms with van der Waals surface area (Å²) in [5.74, 6) is 1.04. The highest BCUT2D eigenvalue weighted by atomic mass is 79.9. The fourth-order valence-electron chi connectivity index (χ4n) is 2.45. The van der Waals surface area contributed by atoms with E-state index in [4.69, 9.17) is 4.74 Å². The van der Waals surface area contributed by atoms with E-state index >= 15 is 0 Å². The zero-order valence-electron chi connectivity index (χ0n) is 12.7. The van der Waals surface area contributed by atoms with Crippen LogP contribution in [0, 0.1) is 0 Å². The molecule has 0 saturated heterocycles. The van der Waals surface area contributed by atoms with Gasteiger partial charge in [0, 0.05) is 36.6 Å². The van der Waals surface area contributed by atoms with Crippen molar-refractivity contribution < 1.29 is 4.74 Å². The lowest BCUT2D eigenvalue weighted by atomic mass is 10.1. The van der Waals surface area contributed by atoms with Gasteiger partial charge in [-0.05, 0) is 44.2 Å². The maximum Gasteiger partial charge on any atom is 0.123 e. The van der Waals surface area contributed by atoms with Gasteiger partial charge in [0.2, 0.25) is 0 Å². The van der Waals surface area contributed by atoms with Crippen molar-refractivity contribution >= 4 is 15.9 Å². The molecule has 1 N–H and O–H groups in total. The normalized spacial score (nSPS) is 18.9. The molecular formula is C16H25BrN2O. The molecule has 0 bridgehead atoms. The van der Waals surface area contributed by atoms with Gasteiger partial charge in [0.05, 0.1) is 0 Å². The molecule has 1 aromatic carbocycles. The SMILES string of the molecule is CCC(C)N(C)CCNCC1Cc2cc(Br)ccc2O1. The molecule has 2 atom stereocenters. The topological polar surface area (TPSA) is 24.5 Å². The van der Waals surface area contributed by atoms with Crippen LogP contribution in [0.4, 0.5) is 0 Å². The fraction of sp³-hybridized carbons (Fsp3) is 0.625. The summed E-state index contributed by atoms with van der Waals surface area (Å²) in [6.45, 7) is 7.52. The van der Waals surface area contributed by atoms with E-state index in [0.717, 1.165) is 36.3 Å². The molecule has 1 aromatic rings. The van der Waals surface area contributed by atoms with Crippen LogP contribution in [-0.2, 0) is 6.42 Å². The average molecular weight is 341 g/mol. The highest BCUT2D eigenvalue weighted by Crippen LogP contribution is 2.30. The van der Waals surface area contributed by atoms with Gasteiger partial charge in [0.25, 0.3) is 0 Å². The van der Waals surface area contributed by atoms with Crippen LogP contribution in [-0.4, -0.2) is 43.7 Å². The van der Waals surface area contributed by atoms with Crippen LogP contribution in [0.25, 0.3) is 0 Å². The number of rotatable bonds is 7. The van der Waals surface area contributed by atoms with Crippen molar-refractivity contribution in [2.24, 2.45) is 0 Å². The molecule has 0 spiro atoms. The molecule has 0 radical (unpaired) electrons. The summed E-state index contributed by atoms with van der Waals surface area (Å²) in [5.41, 5.74) is 1.31. The second-order valence-electron chi connectivity index (χ2n) is 5.64. The first-order valence-electron chi connectivity index (χ1n) is 7.46. The lowest BCUT2D eigenvalue weighted by Crippen LogP contribution is -2.38. The van der Waals surface area contributed by atoms with Gasteiger partial charge in [-0.2, -0.15) is 0 Å². The first-order valence-corrected chi connectivity index (χ1v) is 8.25. The lowest BCUT2D eigenvalue weighted by molar-refractivity contribution is 0.216. The minimum atomic E-state index is 0.271. The van der Waals surface area contributed by atoms with Crippen LogP contribution in [0.1, 0.15) is 25.8 Å². The van der Waals surface area contributed by atoms with Crippen molar-refractivity contribution in [3.8, 4) is 5.75 Å². The molecule has 0 saturated carbocycles. The summed E-state index contributed by atoms with van der Waals surface area (Å²) in [6.07, 6.45) is 2.48. The van der Waals surface area contributed by atoms with E-state index in [1.54, 1.807) is 0 Å². The molecule has 2 rings (SSSR count). The number of benzene rings is 1. The zero-order valence-corrected chi connectivity index (χ0v) is 14.2. The van der Waals surface area contributed by atoms with Gasteiger partial charge in [-0.25, -0.2) is 0 Å². The number of nitrogens with one attached hydrogen (secondary N) is 1. The Labute approximate surface area is 130 Å². The minimum absolute atomic E-state index is 0.271. The summed E-state index contributed by atoms with van der Waals surface area (Å²) in [5, 5.41) is 3.51. The number of ether oxygens (including phenoxy) is 1. The summed E-state index contributed by atoms with van der Waals surface area (Å²) >= 11 is 3.51. The van der Waals surface area contributed by atoms with Crippen LogP contribution < -0.4 is 10.1 Å². The first-order chi connectivity index (χ1) is 9.60. The fourth-order valence-corrected chi connectivity index (χ4v) is 2.86. The molecule has 112 valence electrons. The Morgan fingerprint density at radius 2 is 2.30 bits per heavy atom. The molecule has 2 unspecified atom stereocenters. The predicted octanol–water partition coefficient (Wildman–Crippen LogP) is 3.07. The average Bonchev–Trinajstić information content (AvgIpc) is 2.84. The predicted molar refractivity (Wildman–Crippen MR) is 87.5 cm³/mol. The second kappa shape index (κ2) is 7.43. The van der Waals surface area contributed by atoms with Gasteiger partial charge in [0.1, 0.15) is 11.9 Å². The van der Waals surface area contributed by atoms with E-state index in [2.05, 4.69) is 59.2 Å². The van der Waals surface area contributed by atoms with Crippen molar-refractivity contribution in [1.29, 1.82) is 0 Å². The zero-order chi connectivity index (χ0) is 14.5. The van der Waals surface area contributed by atoms with Crippen molar-refractivity contribution in [2.75, 3.05) is 26.7 Å². The van der Waals surface area contributed by atoms with Gasteiger partial charge in [-0.3, -0.25) is 0 Å². The molecule has 1 aliphatic rings. The second-order valence-corrected chi connectivity index (χ2v) is 6.55. The van der Waals surface area contributed by atoms with Crippen molar-refractivity contribution in [3.63, 3.8) is 0 Å². The number of nitrogens with zero attached hydrogens (tertiary/aromatic N) is 1. The molecule has 3 nitrogen and oxygen atoms in total. The van der Waals surface area contributed by atoms with E-state index in [9.17, 15) is 0 Å². The van der Waals surface area contributed by atoms with Crippen LogP contribution in [0.3, 0.4) is 0 Å². The van der Waals surface area contributed by atoms with Gasteiger partial charge in [-0.15, -0.1) is 0 Å². The van der Waals surface area contributed by atoms with Gasteiger partial charge in [0.15, 0.2) is 0 Å². The Balaban J connectivity index is 1.67. The van der Waals surface area contributed by atoms with E-state index in [1.807, 2.05) is 6.07 Å². The van der Waals surface area contributed by atoms with E-state index in [-0.39, 0.29) is 6.10 Å².